The lowest BCUT2D eigenvalue weighted by atomic mass is 10.4. The number of halogens is 1. The zero-order valence-corrected chi connectivity index (χ0v) is 14.4. The Morgan fingerprint density at radius 3 is 2.63 bits per heavy atom. The number of nitrogens with one attached hydrogen (secondary N) is 2. The van der Waals surface area contributed by atoms with Crippen molar-refractivity contribution in [2.75, 3.05) is 40.9 Å². The molecule has 0 fully saturated rings. The molecule has 0 saturated heterocycles. The maximum atomic E-state index is 11.5. The van der Waals surface area contributed by atoms with Crippen molar-refractivity contribution in [2.45, 2.75) is 13.0 Å². The lowest BCUT2D eigenvalue weighted by Gasteiger charge is -2.17. The number of carbonyl (C=O) groups excluding carboxylic acids is 1. The van der Waals surface area contributed by atoms with Crippen LogP contribution >= 0.6 is 24.0 Å². The summed E-state index contributed by atoms with van der Waals surface area (Å²) in [5.74, 6) is 0.531. The van der Waals surface area contributed by atoms with Gasteiger partial charge in [-0.2, -0.15) is 0 Å². The molecule has 112 valence electrons. The zero-order valence-electron chi connectivity index (χ0n) is 12.1. The molecule has 0 aromatic heterocycles. The highest BCUT2D eigenvalue weighted by Gasteiger charge is 2.06. The van der Waals surface area contributed by atoms with Gasteiger partial charge in [0.15, 0.2) is 5.96 Å². The van der Waals surface area contributed by atoms with E-state index in [0.717, 1.165) is 0 Å². The summed E-state index contributed by atoms with van der Waals surface area (Å²) < 4.78 is 5.03. The first-order valence-electron chi connectivity index (χ1n) is 5.86. The third kappa shape index (κ3) is 10.8. The average molecular weight is 384 g/mol. The van der Waals surface area contributed by atoms with Crippen molar-refractivity contribution < 1.29 is 9.53 Å². The third-order valence-corrected chi connectivity index (χ3v) is 2.08. The maximum Gasteiger partial charge on any atom is 0.243 e. The summed E-state index contributed by atoms with van der Waals surface area (Å²) in [4.78, 5) is 17.2. The lowest BCUT2D eigenvalue weighted by Crippen LogP contribution is -2.44. The summed E-state index contributed by atoms with van der Waals surface area (Å²) in [6, 6.07) is 0.112. The Balaban J connectivity index is 0. The summed E-state index contributed by atoms with van der Waals surface area (Å²) in [7, 11) is 5.05. The second kappa shape index (κ2) is 12.2. The van der Waals surface area contributed by atoms with Crippen molar-refractivity contribution in [3.8, 4) is 0 Å². The summed E-state index contributed by atoms with van der Waals surface area (Å²) in [5.41, 5.74) is 0. The van der Waals surface area contributed by atoms with Crippen molar-refractivity contribution in [1.82, 2.24) is 15.5 Å². The zero-order chi connectivity index (χ0) is 14.0. The molecule has 0 heterocycles. The van der Waals surface area contributed by atoms with Crippen LogP contribution in [-0.2, 0) is 9.53 Å². The Hall–Kier alpha value is -0.830. The van der Waals surface area contributed by atoms with Gasteiger partial charge in [0.1, 0.15) is 6.54 Å². The van der Waals surface area contributed by atoms with E-state index in [-0.39, 0.29) is 42.5 Å². The molecule has 1 amide bonds. The average Bonchev–Trinajstić information content (AvgIpc) is 2.32. The second-order valence-electron chi connectivity index (χ2n) is 4.12. The number of nitrogens with zero attached hydrogens (tertiary/aromatic N) is 2. The van der Waals surface area contributed by atoms with E-state index in [4.69, 9.17) is 4.74 Å². The minimum Gasteiger partial charge on any atom is -0.383 e. The first-order valence-corrected chi connectivity index (χ1v) is 5.86. The van der Waals surface area contributed by atoms with Crippen LogP contribution in [0.4, 0.5) is 0 Å². The number of hydrogen-bond acceptors (Lipinski definition) is 3. The van der Waals surface area contributed by atoms with E-state index in [9.17, 15) is 4.79 Å². The van der Waals surface area contributed by atoms with E-state index in [2.05, 4.69) is 22.2 Å². The highest BCUT2D eigenvalue weighted by Crippen LogP contribution is 1.85. The van der Waals surface area contributed by atoms with Gasteiger partial charge in [0.05, 0.1) is 6.61 Å². The Bertz CT molecular complexity index is 295. The number of guanidine groups is 1. The van der Waals surface area contributed by atoms with Gasteiger partial charge < -0.3 is 20.3 Å². The molecule has 19 heavy (non-hydrogen) atoms. The highest BCUT2D eigenvalue weighted by atomic mass is 127. The van der Waals surface area contributed by atoms with Gasteiger partial charge in [0, 0.05) is 33.8 Å². The molecule has 2 N–H and O–H groups in total. The molecule has 7 heteroatoms. The van der Waals surface area contributed by atoms with Crippen molar-refractivity contribution in [3.05, 3.63) is 12.7 Å². The first kappa shape index (κ1) is 20.5. The summed E-state index contributed by atoms with van der Waals surface area (Å²) >= 11 is 0. The van der Waals surface area contributed by atoms with Crippen molar-refractivity contribution in [1.29, 1.82) is 0 Å². The van der Waals surface area contributed by atoms with Crippen molar-refractivity contribution >= 4 is 35.8 Å². The molecule has 0 aromatic carbocycles. The Labute approximate surface area is 132 Å². The van der Waals surface area contributed by atoms with E-state index < -0.39 is 0 Å². The monoisotopic (exact) mass is 384 g/mol. The number of amides is 1. The number of aliphatic imine (C=N–C) groups is 1. The van der Waals surface area contributed by atoms with Gasteiger partial charge in [0.25, 0.3) is 0 Å². The van der Waals surface area contributed by atoms with Crippen LogP contribution in [0.15, 0.2) is 17.6 Å². The molecule has 1 atom stereocenters. The van der Waals surface area contributed by atoms with Crippen LogP contribution in [0.3, 0.4) is 0 Å². The van der Waals surface area contributed by atoms with E-state index in [1.165, 1.54) is 4.90 Å². The van der Waals surface area contributed by atoms with Crippen LogP contribution in [0.1, 0.15) is 6.92 Å². The molecule has 0 saturated carbocycles. The largest absolute Gasteiger partial charge is 0.383 e. The minimum absolute atomic E-state index is 0. The first-order chi connectivity index (χ1) is 8.51. The number of carbonyl (C=O) groups is 1. The van der Waals surface area contributed by atoms with Crippen LogP contribution in [-0.4, -0.2) is 63.7 Å². The van der Waals surface area contributed by atoms with E-state index in [1.807, 2.05) is 6.92 Å². The highest BCUT2D eigenvalue weighted by molar-refractivity contribution is 14.0. The predicted octanol–water partition coefficient (Wildman–Crippen LogP) is 0.449. The summed E-state index contributed by atoms with van der Waals surface area (Å²) in [6.07, 6.45) is 1.73. The molecule has 0 aliphatic carbocycles. The maximum absolute atomic E-state index is 11.5. The number of rotatable bonds is 7. The second-order valence-corrected chi connectivity index (χ2v) is 4.12. The number of likely N-dealkylation sites (N-methyl/N-ethyl adjacent to an activating group) is 1. The molecular formula is C12H25IN4O2. The van der Waals surface area contributed by atoms with Crippen LogP contribution in [0, 0.1) is 0 Å². The fourth-order valence-electron chi connectivity index (χ4n) is 1.13. The van der Waals surface area contributed by atoms with Crippen molar-refractivity contribution in [3.63, 3.8) is 0 Å². The van der Waals surface area contributed by atoms with Gasteiger partial charge in [-0.1, -0.05) is 6.08 Å². The summed E-state index contributed by atoms with van der Waals surface area (Å²) in [6.45, 7) is 6.86. The topological polar surface area (TPSA) is 66.0 Å². The quantitative estimate of drug-likeness (QED) is 0.290. The van der Waals surface area contributed by atoms with Gasteiger partial charge in [-0.05, 0) is 6.92 Å². The van der Waals surface area contributed by atoms with Gasteiger partial charge in [-0.25, -0.2) is 4.99 Å². The molecule has 0 aliphatic heterocycles. The molecule has 0 rings (SSSR count). The molecule has 0 radical (unpaired) electrons. The Morgan fingerprint density at radius 2 is 2.16 bits per heavy atom. The third-order valence-electron chi connectivity index (χ3n) is 2.08. The molecule has 0 aliphatic rings. The molecule has 1 unspecified atom stereocenters. The molecule has 0 bridgehead atoms. The molecule has 6 nitrogen and oxygen atoms in total. The SMILES string of the molecule is C=CCNC(=NCC(=O)N(C)C)NC(C)COC.I. The van der Waals surface area contributed by atoms with Gasteiger partial charge in [-0.15, -0.1) is 30.6 Å². The number of methoxy groups -OCH3 is 1. The van der Waals surface area contributed by atoms with E-state index in [1.54, 1.807) is 27.3 Å². The van der Waals surface area contributed by atoms with E-state index >= 15 is 0 Å². The summed E-state index contributed by atoms with van der Waals surface area (Å²) in [5, 5.41) is 6.19. The molecule has 0 spiro atoms. The normalized spacial score (nSPS) is 12.1. The van der Waals surface area contributed by atoms with Gasteiger partial charge >= 0.3 is 0 Å². The van der Waals surface area contributed by atoms with Crippen LogP contribution in [0.5, 0.6) is 0 Å². The minimum atomic E-state index is -0.0471. The molecular weight excluding hydrogens is 359 g/mol. The van der Waals surface area contributed by atoms with Gasteiger partial charge in [0.2, 0.25) is 5.91 Å². The van der Waals surface area contributed by atoms with Crippen LogP contribution in [0.25, 0.3) is 0 Å². The van der Waals surface area contributed by atoms with Crippen LogP contribution in [0.2, 0.25) is 0 Å². The standard InChI is InChI=1S/C12H24N4O2.HI/c1-6-7-13-12(15-10(2)9-18-5)14-8-11(17)16(3)4;/h6,10H,1,7-9H2,2-5H3,(H2,13,14,15);1H. The Morgan fingerprint density at radius 1 is 1.53 bits per heavy atom. The number of ether oxygens (including phenoxy) is 1. The van der Waals surface area contributed by atoms with Crippen LogP contribution < -0.4 is 10.6 Å². The smallest absolute Gasteiger partial charge is 0.243 e. The predicted molar refractivity (Wildman–Crippen MR) is 89.1 cm³/mol. The van der Waals surface area contributed by atoms with E-state index in [0.29, 0.717) is 19.1 Å². The molecule has 0 aromatic rings. The lowest BCUT2D eigenvalue weighted by molar-refractivity contribution is -0.127. The fourth-order valence-corrected chi connectivity index (χ4v) is 1.13. The van der Waals surface area contributed by atoms with Gasteiger partial charge in [-0.3, -0.25) is 4.79 Å². The number of hydrogen-bond donors (Lipinski definition) is 2. The fraction of sp³-hybridized carbons (Fsp3) is 0.667. The van der Waals surface area contributed by atoms with Crippen molar-refractivity contribution in [2.24, 2.45) is 4.99 Å². The Kier molecular flexibility index (Phi) is 13.2.